The number of aryl methyl sites for hydroxylation is 2. The van der Waals surface area contributed by atoms with Crippen LogP contribution in [0.1, 0.15) is 34.3 Å². The quantitative estimate of drug-likeness (QED) is 0.879. The van der Waals surface area contributed by atoms with Gasteiger partial charge in [0.15, 0.2) is 0 Å². The Balaban J connectivity index is 1.51. The number of amides is 3. The van der Waals surface area contributed by atoms with Gasteiger partial charge in [-0.05, 0) is 61.1 Å². The van der Waals surface area contributed by atoms with Gasteiger partial charge in [0, 0.05) is 24.3 Å². The molecule has 3 rings (SSSR count). The van der Waals surface area contributed by atoms with Crippen LogP contribution in [0.5, 0.6) is 0 Å². The van der Waals surface area contributed by atoms with Gasteiger partial charge in [0.25, 0.3) is 0 Å². The van der Waals surface area contributed by atoms with Gasteiger partial charge >= 0.3 is 6.03 Å². The zero-order valence-corrected chi connectivity index (χ0v) is 14.2. The minimum atomic E-state index is -0.405. The molecule has 5 heteroatoms. The molecular weight excluding hydrogens is 314 g/mol. The molecule has 3 amide bonds. The molecule has 2 aromatic carbocycles. The standard InChI is InChI=1S/C20H23N3O2/c21-19(24)17-9-5-15(6-10-17)3-4-16-7-11-18(12-8-16)22-20(25)23-13-1-2-14-23/h5-12H,1-4,13-14H2,(H2,21,24)(H,22,25). The van der Waals surface area contributed by atoms with E-state index in [-0.39, 0.29) is 6.03 Å². The average molecular weight is 337 g/mol. The van der Waals surface area contributed by atoms with Crippen molar-refractivity contribution in [2.75, 3.05) is 18.4 Å². The van der Waals surface area contributed by atoms with Crippen molar-refractivity contribution in [2.24, 2.45) is 5.73 Å². The van der Waals surface area contributed by atoms with Crippen LogP contribution in [0.3, 0.4) is 0 Å². The number of carbonyl (C=O) groups excluding carboxylic acids is 2. The number of urea groups is 1. The summed E-state index contributed by atoms with van der Waals surface area (Å²) in [4.78, 5) is 25.0. The minimum Gasteiger partial charge on any atom is -0.366 e. The number of hydrogen-bond acceptors (Lipinski definition) is 2. The summed E-state index contributed by atoms with van der Waals surface area (Å²) >= 11 is 0. The molecule has 130 valence electrons. The number of likely N-dealkylation sites (tertiary alicyclic amines) is 1. The first-order valence-corrected chi connectivity index (χ1v) is 8.65. The van der Waals surface area contributed by atoms with Gasteiger partial charge in [0.2, 0.25) is 5.91 Å². The molecule has 2 aromatic rings. The summed E-state index contributed by atoms with van der Waals surface area (Å²) in [5, 5.41) is 2.94. The zero-order valence-electron chi connectivity index (χ0n) is 14.2. The van der Waals surface area contributed by atoms with Crippen LogP contribution in [0.15, 0.2) is 48.5 Å². The second-order valence-corrected chi connectivity index (χ2v) is 6.38. The second kappa shape index (κ2) is 7.83. The molecule has 1 heterocycles. The fourth-order valence-corrected chi connectivity index (χ4v) is 3.00. The highest BCUT2D eigenvalue weighted by Gasteiger charge is 2.17. The molecule has 0 unspecified atom stereocenters. The lowest BCUT2D eigenvalue weighted by molar-refractivity contribution is 0.1000. The predicted octanol–water partition coefficient (Wildman–Crippen LogP) is 3.20. The van der Waals surface area contributed by atoms with E-state index in [1.165, 1.54) is 5.56 Å². The van der Waals surface area contributed by atoms with Crippen molar-refractivity contribution < 1.29 is 9.59 Å². The smallest absolute Gasteiger partial charge is 0.321 e. The van der Waals surface area contributed by atoms with Crippen molar-refractivity contribution in [3.63, 3.8) is 0 Å². The maximum atomic E-state index is 12.1. The third-order valence-corrected chi connectivity index (χ3v) is 4.54. The molecule has 0 aromatic heterocycles. The average Bonchev–Trinajstić information content (AvgIpc) is 3.16. The molecule has 1 fully saturated rings. The van der Waals surface area contributed by atoms with E-state index < -0.39 is 5.91 Å². The van der Waals surface area contributed by atoms with Crippen LogP contribution in [0, 0.1) is 0 Å². The van der Waals surface area contributed by atoms with Gasteiger partial charge in [0.1, 0.15) is 0 Å². The molecule has 0 saturated carbocycles. The third kappa shape index (κ3) is 4.59. The first-order chi connectivity index (χ1) is 12.1. The van der Waals surface area contributed by atoms with Crippen LogP contribution in [0.25, 0.3) is 0 Å². The number of nitrogens with zero attached hydrogens (tertiary/aromatic N) is 1. The number of anilines is 1. The Morgan fingerprint density at radius 3 is 1.92 bits per heavy atom. The van der Waals surface area contributed by atoms with E-state index >= 15 is 0 Å². The van der Waals surface area contributed by atoms with Gasteiger partial charge in [-0.15, -0.1) is 0 Å². The Bertz CT molecular complexity index is 733. The lowest BCUT2D eigenvalue weighted by atomic mass is 10.0. The van der Waals surface area contributed by atoms with Crippen LogP contribution in [0.4, 0.5) is 10.5 Å². The second-order valence-electron chi connectivity index (χ2n) is 6.38. The van der Waals surface area contributed by atoms with Gasteiger partial charge in [-0.3, -0.25) is 4.79 Å². The number of benzene rings is 2. The third-order valence-electron chi connectivity index (χ3n) is 4.54. The van der Waals surface area contributed by atoms with Gasteiger partial charge in [-0.25, -0.2) is 4.79 Å². The topological polar surface area (TPSA) is 75.4 Å². The first-order valence-electron chi connectivity index (χ1n) is 8.65. The highest BCUT2D eigenvalue weighted by molar-refractivity contribution is 5.92. The molecule has 1 aliphatic rings. The van der Waals surface area contributed by atoms with Gasteiger partial charge in [-0.1, -0.05) is 24.3 Å². The van der Waals surface area contributed by atoms with E-state index in [1.54, 1.807) is 12.1 Å². The number of carbonyl (C=O) groups is 2. The normalized spacial score (nSPS) is 13.7. The molecule has 25 heavy (non-hydrogen) atoms. The van der Waals surface area contributed by atoms with Crippen molar-refractivity contribution >= 4 is 17.6 Å². The molecule has 3 N–H and O–H groups in total. The molecule has 1 saturated heterocycles. The molecule has 0 bridgehead atoms. The summed E-state index contributed by atoms with van der Waals surface area (Å²) in [7, 11) is 0. The molecule has 5 nitrogen and oxygen atoms in total. The van der Waals surface area contributed by atoms with Crippen molar-refractivity contribution in [2.45, 2.75) is 25.7 Å². The fraction of sp³-hybridized carbons (Fsp3) is 0.300. The molecule has 0 aliphatic carbocycles. The summed E-state index contributed by atoms with van der Waals surface area (Å²) in [6, 6.07) is 15.3. The summed E-state index contributed by atoms with van der Waals surface area (Å²) in [6.07, 6.45) is 3.97. The Morgan fingerprint density at radius 1 is 0.880 bits per heavy atom. The Morgan fingerprint density at radius 2 is 1.40 bits per heavy atom. The molecule has 0 radical (unpaired) electrons. The van der Waals surface area contributed by atoms with Crippen LogP contribution in [0.2, 0.25) is 0 Å². The number of nitrogens with two attached hydrogens (primary N) is 1. The van der Waals surface area contributed by atoms with Crippen molar-refractivity contribution in [3.8, 4) is 0 Å². The Kier molecular flexibility index (Phi) is 5.33. The molecule has 0 spiro atoms. The largest absolute Gasteiger partial charge is 0.366 e. The van der Waals surface area contributed by atoms with Crippen LogP contribution >= 0.6 is 0 Å². The van der Waals surface area contributed by atoms with E-state index in [1.807, 2.05) is 41.3 Å². The summed E-state index contributed by atoms with van der Waals surface area (Å²) in [6.45, 7) is 1.69. The van der Waals surface area contributed by atoms with Crippen LogP contribution < -0.4 is 11.1 Å². The molecular formula is C20H23N3O2. The van der Waals surface area contributed by atoms with Crippen molar-refractivity contribution in [1.29, 1.82) is 0 Å². The van der Waals surface area contributed by atoms with E-state index in [0.717, 1.165) is 50.0 Å². The summed E-state index contributed by atoms with van der Waals surface area (Å²) in [5.74, 6) is -0.405. The number of rotatable bonds is 5. The van der Waals surface area contributed by atoms with Crippen molar-refractivity contribution in [1.82, 2.24) is 4.90 Å². The van der Waals surface area contributed by atoms with E-state index in [4.69, 9.17) is 5.73 Å². The Hall–Kier alpha value is -2.82. The Labute approximate surface area is 147 Å². The zero-order chi connectivity index (χ0) is 17.6. The SMILES string of the molecule is NC(=O)c1ccc(CCc2ccc(NC(=O)N3CCCC3)cc2)cc1. The van der Waals surface area contributed by atoms with Gasteiger partial charge in [-0.2, -0.15) is 0 Å². The fourth-order valence-electron chi connectivity index (χ4n) is 3.00. The van der Waals surface area contributed by atoms with Gasteiger partial charge < -0.3 is 16.0 Å². The van der Waals surface area contributed by atoms with Crippen molar-refractivity contribution in [3.05, 3.63) is 65.2 Å². The summed E-state index contributed by atoms with van der Waals surface area (Å²) < 4.78 is 0. The first kappa shape index (κ1) is 17.0. The lowest BCUT2D eigenvalue weighted by Crippen LogP contribution is -2.32. The lowest BCUT2D eigenvalue weighted by Gasteiger charge is -2.16. The highest BCUT2D eigenvalue weighted by atomic mass is 16.2. The number of nitrogens with one attached hydrogen (secondary N) is 1. The molecule has 1 aliphatic heterocycles. The minimum absolute atomic E-state index is 0.0141. The van der Waals surface area contributed by atoms with E-state index in [2.05, 4.69) is 5.32 Å². The number of hydrogen-bond donors (Lipinski definition) is 2. The predicted molar refractivity (Wildman–Crippen MR) is 98.6 cm³/mol. The van der Waals surface area contributed by atoms with E-state index in [9.17, 15) is 9.59 Å². The van der Waals surface area contributed by atoms with E-state index in [0.29, 0.717) is 5.56 Å². The van der Waals surface area contributed by atoms with Crippen LogP contribution in [-0.4, -0.2) is 29.9 Å². The maximum Gasteiger partial charge on any atom is 0.321 e. The summed E-state index contributed by atoms with van der Waals surface area (Å²) in [5.41, 5.74) is 8.97. The highest BCUT2D eigenvalue weighted by Crippen LogP contribution is 2.15. The maximum absolute atomic E-state index is 12.1. The van der Waals surface area contributed by atoms with Crippen LogP contribution in [-0.2, 0) is 12.8 Å². The number of primary amides is 1. The monoisotopic (exact) mass is 337 g/mol. The molecule has 0 atom stereocenters. The van der Waals surface area contributed by atoms with Gasteiger partial charge in [0.05, 0.1) is 0 Å².